The van der Waals surface area contributed by atoms with E-state index in [4.69, 9.17) is 11.6 Å². The second kappa shape index (κ2) is 5.79. The maximum Gasteiger partial charge on any atom is 0.416 e. The molecule has 3 rings (SSSR count). The van der Waals surface area contributed by atoms with E-state index in [0.29, 0.717) is 21.5 Å². The van der Waals surface area contributed by atoms with Crippen LogP contribution in [0.1, 0.15) is 15.9 Å². The Kier molecular flexibility index (Phi) is 3.93. The summed E-state index contributed by atoms with van der Waals surface area (Å²) in [6.45, 7) is 0. The first-order valence-electron chi connectivity index (χ1n) is 6.77. The van der Waals surface area contributed by atoms with Gasteiger partial charge in [-0.05, 0) is 36.4 Å². The minimum Gasteiger partial charge on any atom is -0.478 e. The van der Waals surface area contributed by atoms with Gasteiger partial charge in [-0.25, -0.2) is 9.78 Å². The molecule has 0 aliphatic rings. The molecule has 0 spiro atoms. The Bertz CT molecular complexity index is 937. The predicted molar refractivity (Wildman–Crippen MR) is 84.2 cm³/mol. The molecule has 3 nitrogen and oxygen atoms in total. The van der Waals surface area contributed by atoms with Crippen LogP contribution in [0.5, 0.6) is 0 Å². The Hall–Kier alpha value is -2.60. The fourth-order valence-electron chi connectivity index (χ4n) is 2.35. The van der Waals surface area contributed by atoms with Crippen molar-refractivity contribution < 1.29 is 23.1 Å². The number of aromatic nitrogens is 1. The van der Waals surface area contributed by atoms with Gasteiger partial charge in [0.05, 0.1) is 22.3 Å². The predicted octanol–water partition coefficient (Wildman–Crippen LogP) is 5.27. The minimum absolute atomic E-state index is 0.0163. The van der Waals surface area contributed by atoms with E-state index in [1.807, 2.05) is 0 Å². The molecule has 0 aliphatic carbocycles. The number of nitrogens with zero attached hydrogens (tertiary/aromatic N) is 1. The van der Waals surface area contributed by atoms with Crippen LogP contribution in [0.15, 0.2) is 48.5 Å². The summed E-state index contributed by atoms with van der Waals surface area (Å²) in [7, 11) is 0. The number of carbonyl (C=O) groups is 1. The van der Waals surface area contributed by atoms with E-state index in [2.05, 4.69) is 4.98 Å². The Morgan fingerprint density at radius 1 is 1.04 bits per heavy atom. The number of carboxylic acid groups (broad SMARTS) is 1. The number of fused-ring (bicyclic) bond motifs is 1. The zero-order valence-electron chi connectivity index (χ0n) is 11.9. The lowest BCUT2D eigenvalue weighted by Crippen LogP contribution is -2.04. The highest BCUT2D eigenvalue weighted by Crippen LogP contribution is 2.32. The van der Waals surface area contributed by atoms with Crippen LogP contribution in [0.4, 0.5) is 13.2 Å². The lowest BCUT2D eigenvalue weighted by Gasteiger charge is -2.09. The Morgan fingerprint density at radius 3 is 2.29 bits per heavy atom. The van der Waals surface area contributed by atoms with Crippen LogP contribution >= 0.6 is 11.6 Å². The van der Waals surface area contributed by atoms with Crippen molar-refractivity contribution in [3.8, 4) is 11.3 Å². The van der Waals surface area contributed by atoms with Crippen LogP contribution in [0.2, 0.25) is 5.02 Å². The highest BCUT2D eigenvalue weighted by Gasteiger charge is 2.30. The molecule has 0 amide bonds. The van der Waals surface area contributed by atoms with E-state index in [1.54, 1.807) is 12.1 Å². The van der Waals surface area contributed by atoms with E-state index < -0.39 is 17.7 Å². The number of benzene rings is 2. The average molecular weight is 352 g/mol. The molecule has 1 heterocycles. The van der Waals surface area contributed by atoms with E-state index in [9.17, 15) is 23.1 Å². The number of hydrogen-bond acceptors (Lipinski definition) is 2. The molecule has 1 aromatic heterocycles. The summed E-state index contributed by atoms with van der Waals surface area (Å²) in [6, 6.07) is 10.3. The summed E-state index contributed by atoms with van der Waals surface area (Å²) < 4.78 is 37.9. The fourth-order valence-corrected chi connectivity index (χ4v) is 2.52. The summed E-state index contributed by atoms with van der Waals surface area (Å²) in [5, 5.41) is 10.1. The maximum absolute atomic E-state index is 12.6. The molecule has 2 aromatic carbocycles. The van der Waals surface area contributed by atoms with Gasteiger partial charge in [-0.15, -0.1) is 0 Å². The SMILES string of the molecule is O=C(O)c1cc(-c2ccc(C(F)(F)F)cc2)nc2ccc(Cl)cc12. The van der Waals surface area contributed by atoms with Crippen LogP contribution in [0.3, 0.4) is 0 Å². The topological polar surface area (TPSA) is 50.2 Å². The number of aromatic carboxylic acids is 1. The van der Waals surface area contributed by atoms with Crippen LogP contribution in [-0.2, 0) is 6.18 Å². The number of halogens is 4. The molecule has 0 radical (unpaired) electrons. The van der Waals surface area contributed by atoms with Gasteiger partial charge < -0.3 is 5.11 Å². The van der Waals surface area contributed by atoms with Crippen molar-refractivity contribution in [2.45, 2.75) is 6.18 Å². The van der Waals surface area contributed by atoms with Gasteiger partial charge in [0.15, 0.2) is 0 Å². The number of carboxylic acids is 1. The van der Waals surface area contributed by atoms with Crippen LogP contribution in [-0.4, -0.2) is 16.1 Å². The third-order valence-corrected chi connectivity index (χ3v) is 3.74. The molecule has 0 bridgehead atoms. The molecule has 24 heavy (non-hydrogen) atoms. The van der Waals surface area contributed by atoms with Crippen molar-refractivity contribution >= 4 is 28.5 Å². The number of alkyl halides is 3. The zero-order chi connectivity index (χ0) is 17.5. The molecule has 122 valence electrons. The van der Waals surface area contributed by atoms with Crippen molar-refractivity contribution in [3.05, 3.63) is 64.7 Å². The Balaban J connectivity index is 2.16. The molecule has 1 N–H and O–H groups in total. The third kappa shape index (κ3) is 3.05. The van der Waals surface area contributed by atoms with Gasteiger partial charge in [0, 0.05) is 16.0 Å². The lowest BCUT2D eigenvalue weighted by atomic mass is 10.0. The van der Waals surface area contributed by atoms with Crippen molar-refractivity contribution in [1.29, 1.82) is 0 Å². The summed E-state index contributed by atoms with van der Waals surface area (Å²) in [4.78, 5) is 15.8. The van der Waals surface area contributed by atoms with Crippen molar-refractivity contribution in [3.63, 3.8) is 0 Å². The van der Waals surface area contributed by atoms with E-state index in [0.717, 1.165) is 12.1 Å². The van der Waals surface area contributed by atoms with Gasteiger partial charge >= 0.3 is 12.1 Å². The van der Waals surface area contributed by atoms with Gasteiger partial charge in [0.2, 0.25) is 0 Å². The highest BCUT2D eigenvalue weighted by molar-refractivity contribution is 6.31. The average Bonchev–Trinajstić information content (AvgIpc) is 2.53. The standard InChI is InChI=1S/C17H9ClF3NO2/c18-11-5-6-14-12(7-11)13(16(23)24)8-15(22-14)9-1-3-10(4-2-9)17(19,20)21/h1-8H,(H,23,24). The van der Waals surface area contributed by atoms with Crippen LogP contribution in [0.25, 0.3) is 22.2 Å². The molecular formula is C17H9ClF3NO2. The normalized spacial score (nSPS) is 11.7. The second-order valence-corrected chi connectivity index (χ2v) is 5.53. The number of rotatable bonds is 2. The fraction of sp³-hybridized carbons (Fsp3) is 0.0588. The van der Waals surface area contributed by atoms with E-state index in [-0.39, 0.29) is 11.3 Å². The molecule has 0 aliphatic heterocycles. The molecule has 0 saturated heterocycles. The maximum atomic E-state index is 12.6. The number of pyridine rings is 1. The van der Waals surface area contributed by atoms with Crippen molar-refractivity contribution in [2.75, 3.05) is 0 Å². The lowest BCUT2D eigenvalue weighted by molar-refractivity contribution is -0.137. The Labute approximate surface area is 139 Å². The first-order chi connectivity index (χ1) is 11.3. The largest absolute Gasteiger partial charge is 0.478 e. The summed E-state index contributed by atoms with van der Waals surface area (Å²) in [5.74, 6) is -1.17. The number of hydrogen-bond donors (Lipinski definition) is 1. The molecule has 0 saturated carbocycles. The van der Waals surface area contributed by atoms with Gasteiger partial charge in [0.25, 0.3) is 0 Å². The monoisotopic (exact) mass is 351 g/mol. The van der Waals surface area contributed by atoms with Crippen LogP contribution < -0.4 is 0 Å². The highest BCUT2D eigenvalue weighted by atomic mass is 35.5. The molecule has 0 atom stereocenters. The zero-order valence-corrected chi connectivity index (χ0v) is 12.7. The smallest absolute Gasteiger partial charge is 0.416 e. The first kappa shape index (κ1) is 16.3. The summed E-state index contributed by atoms with van der Waals surface area (Å²) in [5.41, 5.74) is 0.266. The summed E-state index contributed by atoms with van der Waals surface area (Å²) >= 11 is 5.89. The van der Waals surface area contributed by atoms with Gasteiger partial charge in [-0.2, -0.15) is 13.2 Å². The molecule has 7 heteroatoms. The minimum atomic E-state index is -4.43. The van der Waals surface area contributed by atoms with Crippen molar-refractivity contribution in [1.82, 2.24) is 4.98 Å². The van der Waals surface area contributed by atoms with Crippen LogP contribution in [0, 0.1) is 0 Å². The molecule has 0 unspecified atom stereocenters. The summed E-state index contributed by atoms with van der Waals surface area (Å²) in [6.07, 6.45) is -4.43. The quantitative estimate of drug-likeness (QED) is 0.684. The molecular weight excluding hydrogens is 343 g/mol. The second-order valence-electron chi connectivity index (χ2n) is 5.10. The van der Waals surface area contributed by atoms with Crippen molar-refractivity contribution in [2.24, 2.45) is 0 Å². The van der Waals surface area contributed by atoms with Gasteiger partial charge in [-0.1, -0.05) is 23.7 Å². The van der Waals surface area contributed by atoms with E-state index >= 15 is 0 Å². The molecule has 0 fully saturated rings. The van der Waals surface area contributed by atoms with E-state index in [1.165, 1.54) is 24.3 Å². The Morgan fingerprint density at radius 2 is 1.71 bits per heavy atom. The first-order valence-corrected chi connectivity index (χ1v) is 7.15. The van der Waals surface area contributed by atoms with Gasteiger partial charge in [0.1, 0.15) is 0 Å². The molecule has 3 aromatic rings. The third-order valence-electron chi connectivity index (χ3n) is 3.51. The van der Waals surface area contributed by atoms with Gasteiger partial charge in [-0.3, -0.25) is 0 Å².